The van der Waals surface area contributed by atoms with Crippen molar-refractivity contribution in [2.24, 2.45) is 0 Å². The summed E-state index contributed by atoms with van der Waals surface area (Å²) in [6.07, 6.45) is 18.0. The summed E-state index contributed by atoms with van der Waals surface area (Å²) in [7, 11) is -5.26. The van der Waals surface area contributed by atoms with E-state index >= 15 is 0 Å². The van der Waals surface area contributed by atoms with E-state index in [1.807, 2.05) is 0 Å². The van der Waals surface area contributed by atoms with E-state index in [0.717, 1.165) is 19.3 Å². The van der Waals surface area contributed by atoms with Gasteiger partial charge in [-0.25, -0.2) is 12.3 Å². The maximum absolute atomic E-state index is 12.1. The molecular weight excluding hydrogens is 289 g/mol. The fourth-order valence-corrected chi connectivity index (χ4v) is 3.35. The zero-order valence-corrected chi connectivity index (χ0v) is 14.9. The van der Waals surface area contributed by atoms with Gasteiger partial charge in [0.1, 0.15) is 0 Å². The molecule has 0 aromatic heterocycles. The highest BCUT2D eigenvalue weighted by Gasteiger charge is 2.35. The third kappa shape index (κ3) is 20.0. The summed E-state index contributed by atoms with van der Waals surface area (Å²) in [6.45, 7) is 2.25. The van der Waals surface area contributed by atoms with Gasteiger partial charge in [-0.2, -0.15) is 0 Å². The van der Waals surface area contributed by atoms with Gasteiger partial charge in [-0.05, 0) is 6.42 Å². The van der Waals surface area contributed by atoms with Crippen LogP contribution in [0.3, 0.4) is 0 Å². The Kier molecular flexibility index (Phi) is 14.9. The molecule has 0 aliphatic heterocycles. The van der Waals surface area contributed by atoms with Crippen molar-refractivity contribution in [3.05, 3.63) is 0 Å². The van der Waals surface area contributed by atoms with Gasteiger partial charge in [0.2, 0.25) is 0 Å². The Bertz CT molecular complexity index is 205. The van der Waals surface area contributed by atoms with Crippen LogP contribution in [0.2, 0.25) is 6.04 Å². The van der Waals surface area contributed by atoms with Crippen LogP contribution in [0.15, 0.2) is 0 Å². The quantitative estimate of drug-likeness (QED) is 0.155. The summed E-state index contributed by atoms with van der Waals surface area (Å²) in [5, 5.41) is 0. The van der Waals surface area contributed by atoms with Crippen molar-refractivity contribution in [3.63, 3.8) is 0 Å². The lowest BCUT2D eigenvalue weighted by Crippen LogP contribution is -2.13. The van der Waals surface area contributed by atoms with E-state index < -0.39 is 15.1 Å². The molecule has 128 valence electrons. The number of hydrogen-bond acceptors (Lipinski definition) is 0. The summed E-state index contributed by atoms with van der Waals surface area (Å²) in [6, 6.07) is -0.467. The second-order valence-electron chi connectivity index (χ2n) is 6.31. The van der Waals surface area contributed by atoms with Crippen LogP contribution < -0.4 is 0 Å². The van der Waals surface area contributed by atoms with Crippen LogP contribution in [0, 0.1) is 0 Å². The zero-order valence-electron chi connectivity index (χ0n) is 13.9. The molecule has 0 aliphatic carbocycles. The minimum Gasteiger partial charge on any atom is -0.238 e. The first kappa shape index (κ1) is 21.0. The van der Waals surface area contributed by atoms with Crippen molar-refractivity contribution >= 4 is 9.08 Å². The molecule has 0 atom stereocenters. The molecule has 4 heteroatoms. The molecule has 0 saturated carbocycles. The van der Waals surface area contributed by atoms with Crippen molar-refractivity contribution in [1.82, 2.24) is 0 Å². The van der Waals surface area contributed by atoms with Gasteiger partial charge in [-0.3, -0.25) is 0 Å². The van der Waals surface area contributed by atoms with Gasteiger partial charge < -0.3 is 0 Å². The van der Waals surface area contributed by atoms with E-state index in [-0.39, 0.29) is 0 Å². The molecule has 0 radical (unpaired) electrons. The predicted octanol–water partition coefficient (Wildman–Crippen LogP) is 7.71. The van der Waals surface area contributed by atoms with Crippen molar-refractivity contribution < 1.29 is 12.3 Å². The van der Waals surface area contributed by atoms with Gasteiger partial charge in [0.25, 0.3) is 0 Å². The van der Waals surface area contributed by atoms with E-state index in [2.05, 4.69) is 6.92 Å². The van der Waals surface area contributed by atoms with Crippen molar-refractivity contribution in [2.45, 2.75) is 109 Å². The fraction of sp³-hybridized carbons (Fsp3) is 1.00. The lowest BCUT2D eigenvalue weighted by atomic mass is 10.0. The first-order valence-electron chi connectivity index (χ1n) is 9.13. The van der Waals surface area contributed by atoms with Crippen LogP contribution >= 0.6 is 0 Å². The largest absolute Gasteiger partial charge is 0.616 e. The second-order valence-corrected chi connectivity index (χ2v) is 8.05. The van der Waals surface area contributed by atoms with Gasteiger partial charge in [-0.1, -0.05) is 96.8 Å². The summed E-state index contributed by atoms with van der Waals surface area (Å²) < 4.78 is 36.2. The lowest BCUT2D eigenvalue weighted by Gasteiger charge is -2.04. The van der Waals surface area contributed by atoms with E-state index in [1.165, 1.54) is 70.6 Å². The molecule has 0 amide bonds. The van der Waals surface area contributed by atoms with Crippen LogP contribution in [0.5, 0.6) is 0 Å². The Hall–Kier alpha value is 0.00688. The van der Waals surface area contributed by atoms with E-state index in [0.29, 0.717) is 6.42 Å². The van der Waals surface area contributed by atoms with Crippen molar-refractivity contribution in [2.75, 3.05) is 0 Å². The van der Waals surface area contributed by atoms with E-state index in [4.69, 9.17) is 0 Å². The maximum atomic E-state index is 12.1. The molecule has 0 fully saturated rings. The number of hydrogen-bond donors (Lipinski definition) is 0. The minimum absolute atomic E-state index is 0.369. The van der Waals surface area contributed by atoms with Crippen LogP contribution in [-0.2, 0) is 0 Å². The summed E-state index contributed by atoms with van der Waals surface area (Å²) >= 11 is 0. The third-order valence-corrected chi connectivity index (χ3v) is 4.98. The molecule has 0 unspecified atom stereocenters. The Morgan fingerprint density at radius 2 is 0.762 bits per heavy atom. The highest BCUT2D eigenvalue weighted by molar-refractivity contribution is 6.58. The molecule has 0 heterocycles. The highest BCUT2D eigenvalue weighted by Crippen LogP contribution is 2.20. The van der Waals surface area contributed by atoms with Crippen LogP contribution in [0.25, 0.3) is 0 Å². The molecule has 0 aromatic carbocycles. The first-order valence-corrected chi connectivity index (χ1v) is 11.0. The summed E-state index contributed by atoms with van der Waals surface area (Å²) in [4.78, 5) is 0. The summed E-state index contributed by atoms with van der Waals surface area (Å²) in [5.74, 6) is 0. The number of unbranched alkanes of at least 4 members (excludes halogenated alkanes) is 14. The predicted molar refractivity (Wildman–Crippen MR) is 88.8 cm³/mol. The Morgan fingerprint density at radius 3 is 1.05 bits per heavy atom. The van der Waals surface area contributed by atoms with Gasteiger partial charge in [0, 0.05) is 6.04 Å². The van der Waals surface area contributed by atoms with E-state index in [9.17, 15) is 12.3 Å². The average molecular weight is 325 g/mol. The Labute approximate surface area is 131 Å². The van der Waals surface area contributed by atoms with Gasteiger partial charge >= 0.3 is 9.08 Å². The van der Waals surface area contributed by atoms with Crippen molar-refractivity contribution in [3.8, 4) is 0 Å². The monoisotopic (exact) mass is 324 g/mol. The Balaban J connectivity index is 3.00. The standard InChI is InChI=1S/C17H35F3Si/c1-2-3-4-5-6-7-8-9-10-11-12-13-14-15-16-17-21(18,19)20/h2-17H2,1H3. The van der Waals surface area contributed by atoms with Gasteiger partial charge in [0.15, 0.2) is 0 Å². The topological polar surface area (TPSA) is 0 Å². The molecule has 0 spiro atoms. The molecular formula is C17H35F3Si. The first-order chi connectivity index (χ1) is 10.1. The average Bonchev–Trinajstić information content (AvgIpc) is 2.42. The SMILES string of the molecule is CCCCCCCCCCCCCCCCC[Si](F)(F)F. The van der Waals surface area contributed by atoms with Gasteiger partial charge in [0.05, 0.1) is 0 Å². The highest BCUT2D eigenvalue weighted by atomic mass is 28.5. The van der Waals surface area contributed by atoms with E-state index in [1.54, 1.807) is 0 Å². The third-order valence-electron chi connectivity index (χ3n) is 4.06. The van der Waals surface area contributed by atoms with Crippen molar-refractivity contribution in [1.29, 1.82) is 0 Å². The molecule has 0 rings (SSSR count). The number of rotatable bonds is 16. The van der Waals surface area contributed by atoms with Crippen LogP contribution in [0.1, 0.15) is 103 Å². The molecule has 0 saturated heterocycles. The molecule has 0 N–H and O–H groups in total. The second kappa shape index (κ2) is 14.9. The molecule has 21 heavy (non-hydrogen) atoms. The number of halogens is 3. The molecule has 0 aromatic rings. The molecule has 0 nitrogen and oxygen atoms in total. The van der Waals surface area contributed by atoms with Crippen LogP contribution in [0.4, 0.5) is 12.3 Å². The van der Waals surface area contributed by atoms with Crippen LogP contribution in [-0.4, -0.2) is 9.08 Å². The lowest BCUT2D eigenvalue weighted by molar-refractivity contribution is 0.458. The molecule has 0 aliphatic rings. The normalized spacial score (nSPS) is 12.0. The minimum atomic E-state index is -5.26. The maximum Gasteiger partial charge on any atom is 0.616 e. The zero-order chi connectivity index (χ0) is 15.8. The fourth-order valence-electron chi connectivity index (χ4n) is 2.70. The molecule has 0 bridgehead atoms. The smallest absolute Gasteiger partial charge is 0.238 e. The summed E-state index contributed by atoms with van der Waals surface area (Å²) in [5.41, 5.74) is 0. The van der Waals surface area contributed by atoms with Gasteiger partial charge in [-0.15, -0.1) is 0 Å². The Morgan fingerprint density at radius 1 is 0.476 bits per heavy atom.